The first-order valence-electron chi connectivity index (χ1n) is 12.2. The van der Waals surface area contributed by atoms with Gasteiger partial charge in [-0.1, -0.05) is 68.8 Å². The molecule has 0 bridgehead atoms. The van der Waals surface area contributed by atoms with Gasteiger partial charge in [0.25, 0.3) is 0 Å². The number of carbonyl (C=O) groups excluding carboxylic acids is 2. The summed E-state index contributed by atoms with van der Waals surface area (Å²) in [4.78, 5) is 27.6. The third-order valence-electron chi connectivity index (χ3n) is 5.66. The van der Waals surface area contributed by atoms with Gasteiger partial charge in [0.2, 0.25) is 11.8 Å². The van der Waals surface area contributed by atoms with E-state index < -0.39 is 0 Å². The van der Waals surface area contributed by atoms with Gasteiger partial charge in [-0.05, 0) is 37.1 Å². The van der Waals surface area contributed by atoms with Crippen LogP contribution < -0.4 is 5.32 Å². The highest BCUT2D eigenvalue weighted by Gasteiger charge is 2.22. The third-order valence-corrected chi connectivity index (χ3v) is 5.66. The molecule has 1 heterocycles. The SMILES string of the molecule is COCCCN(CC(=O)Nc1cc(C(C)(C)C)nn1-c1ccc(C)cc1)C(=O)/C=C/c1ccccc1. The highest BCUT2D eigenvalue weighted by Crippen LogP contribution is 2.26. The highest BCUT2D eigenvalue weighted by molar-refractivity contribution is 5.97. The van der Waals surface area contributed by atoms with Crippen molar-refractivity contribution in [1.82, 2.24) is 14.7 Å². The minimum absolute atomic E-state index is 0.0778. The normalized spacial score (nSPS) is 11.6. The number of amides is 2. The summed E-state index contributed by atoms with van der Waals surface area (Å²) in [6.07, 6.45) is 3.89. The average molecular weight is 489 g/mol. The van der Waals surface area contributed by atoms with Gasteiger partial charge in [-0.3, -0.25) is 9.59 Å². The topological polar surface area (TPSA) is 76.5 Å². The lowest BCUT2D eigenvalue weighted by molar-refractivity contribution is -0.130. The van der Waals surface area contributed by atoms with Crippen molar-refractivity contribution in [3.05, 3.63) is 83.6 Å². The molecular weight excluding hydrogens is 452 g/mol. The number of aromatic nitrogens is 2. The van der Waals surface area contributed by atoms with Crippen LogP contribution in [0.5, 0.6) is 0 Å². The molecular formula is C29H36N4O3. The van der Waals surface area contributed by atoms with Gasteiger partial charge in [-0.2, -0.15) is 5.10 Å². The van der Waals surface area contributed by atoms with E-state index in [4.69, 9.17) is 9.84 Å². The van der Waals surface area contributed by atoms with Crippen molar-refractivity contribution < 1.29 is 14.3 Å². The van der Waals surface area contributed by atoms with Crippen LogP contribution in [0.1, 0.15) is 44.0 Å². The van der Waals surface area contributed by atoms with Crippen LogP contribution in [-0.2, 0) is 19.7 Å². The van der Waals surface area contributed by atoms with Crippen LogP contribution in [0.15, 0.2) is 66.7 Å². The summed E-state index contributed by atoms with van der Waals surface area (Å²) < 4.78 is 6.88. The van der Waals surface area contributed by atoms with Gasteiger partial charge >= 0.3 is 0 Å². The van der Waals surface area contributed by atoms with Crippen molar-refractivity contribution >= 4 is 23.7 Å². The fourth-order valence-electron chi connectivity index (χ4n) is 3.58. The maximum absolute atomic E-state index is 13.1. The van der Waals surface area contributed by atoms with E-state index in [2.05, 4.69) is 26.1 Å². The molecule has 0 aliphatic heterocycles. The van der Waals surface area contributed by atoms with Crippen molar-refractivity contribution in [2.24, 2.45) is 0 Å². The second kappa shape index (κ2) is 12.3. The van der Waals surface area contributed by atoms with Gasteiger partial charge in [0, 0.05) is 37.8 Å². The first-order chi connectivity index (χ1) is 17.2. The van der Waals surface area contributed by atoms with Gasteiger partial charge in [-0.25, -0.2) is 4.68 Å². The molecule has 0 saturated carbocycles. The largest absolute Gasteiger partial charge is 0.385 e. The second-order valence-electron chi connectivity index (χ2n) is 9.81. The summed E-state index contributed by atoms with van der Waals surface area (Å²) in [5.74, 6) is 0.0491. The molecule has 0 unspecified atom stereocenters. The predicted molar refractivity (Wildman–Crippen MR) is 144 cm³/mol. The summed E-state index contributed by atoms with van der Waals surface area (Å²) in [5, 5.41) is 7.74. The molecule has 2 amide bonds. The molecule has 7 nitrogen and oxygen atoms in total. The van der Waals surface area contributed by atoms with Crippen LogP contribution in [0.4, 0.5) is 5.82 Å². The number of hydrogen-bond acceptors (Lipinski definition) is 4. The quantitative estimate of drug-likeness (QED) is 0.322. The molecule has 1 aromatic heterocycles. The van der Waals surface area contributed by atoms with Gasteiger partial charge in [-0.15, -0.1) is 0 Å². The zero-order chi connectivity index (χ0) is 26.1. The number of anilines is 1. The number of nitrogens with zero attached hydrogens (tertiary/aromatic N) is 3. The Morgan fingerprint density at radius 3 is 2.42 bits per heavy atom. The third kappa shape index (κ3) is 7.65. The van der Waals surface area contributed by atoms with E-state index in [-0.39, 0.29) is 23.8 Å². The fourth-order valence-corrected chi connectivity index (χ4v) is 3.58. The number of rotatable bonds is 10. The van der Waals surface area contributed by atoms with E-state index in [1.165, 1.54) is 11.0 Å². The predicted octanol–water partition coefficient (Wildman–Crippen LogP) is 5.00. The molecule has 0 fully saturated rings. The number of hydrogen-bond donors (Lipinski definition) is 1. The van der Waals surface area contributed by atoms with Crippen LogP contribution in [0, 0.1) is 6.92 Å². The summed E-state index contributed by atoms with van der Waals surface area (Å²) in [6.45, 7) is 9.09. The Bertz CT molecular complexity index is 1180. The van der Waals surface area contributed by atoms with Crippen molar-refractivity contribution in [2.75, 3.05) is 32.1 Å². The smallest absolute Gasteiger partial charge is 0.247 e. The number of aryl methyl sites for hydroxylation is 1. The highest BCUT2D eigenvalue weighted by atomic mass is 16.5. The van der Waals surface area contributed by atoms with Crippen LogP contribution in [0.25, 0.3) is 11.8 Å². The monoisotopic (exact) mass is 488 g/mol. The summed E-state index contributed by atoms with van der Waals surface area (Å²) in [5.41, 5.74) is 3.58. The molecule has 36 heavy (non-hydrogen) atoms. The molecule has 2 aromatic carbocycles. The Hall–Kier alpha value is -3.71. The Morgan fingerprint density at radius 2 is 1.78 bits per heavy atom. The van der Waals surface area contributed by atoms with Gasteiger partial charge in [0.1, 0.15) is 12.4 Å². The number of ether oxygens (including phenoxy) is 1. The molecule has 3 rings (SSSR count). The minimum Gasteiger partial charge on any atom is -0.385 e. The maximum Gasteiger partial charge on any atom is 0.247 e. The first-order valence-corrected chi connectivity index (χ1v) is 12.2. The molecule has 7 heteroatoms. The number of carbonyl (C=O) groups is 2. The zero-order valence-electron chi connectivity index (χ0n) is 21.8. The van der Waals surface area contributed by atoms with E-state index in [0.29, 0.717) is 25.4 Å². The lowest BCUT2D eigenvalue weighted by Crippen LogP contribution is -2.38. The van der Waals surface area contributed by atoms with Gasteiger partial charge in [0.15, 0.2) is 0 Å². The fraction of sp³-hybridized carbons (Fsp3) is 0.345. The Balaban J connectivity index is 1.79. The Kier molecular flexibility index (Phi) is 9.19. The van der Waals surface area contributed by atoms with Crippen molar-refractivity contribution in [3.8, 4) is 5.69 Å². The van der Waals surface area contributed by atoms with Crippen LogP contribution in [-0.4, -0.2) is 53.3 Å². The lowest BCUT2D eigenvalue weighted by atomic mass is 9.92. The average Bonchev–Trinajstić information content (AvgIpc) is 3.27. The number of benzene rings is 2. The second-order valence-corrected chi connectivity index (χ2v) is 9.81. The Morgan fingerprint density at radius 1 is 1.08 bits per heavy atom. The molecule has 0 aliphatic rings. The van der Waals surface area contributed by atoms with E-state index in [9.17, 15) is 9.59 Å². The van der Waals surface area contributed by atoms with Crippen LogP contribution >= 0.6 is 0 Å². The first kappa shape index (κ1) is 26.9. The maximum atomic E-state index is 13.1. The van der Waals surface area contributed by atoms with Gasteiger partial charge < -0.3 is 15.0 Å². The van der Waals surface area contributed by atoms with E-state index >= 15 is 0 Å². The molecule has 0 atom stereocenters. The van der Waals surface area contributed by atoms with Crippen LogP contribution in [0.3, 0.4) is 0 Å². The summed E-state index contributed by atoms with van der Waals surface area (Å²) in [6, 6.07) is 19.4. The van der Waals surface area contributed by atoms with E-state index in [0.717, 1.165) is 22.5 Å². The molecule has 0 aliphatic carbocycles. The van der Waals surface area contributed by atoms with Crippen LogP contribution in [0.2, 0.25) is 0 Å². The van der Waals surface area contributed by atoms with Crippen molar-refractivity contribution in [2.45, 2.75) is 39.5 Å². The summed E-state index contributed by atoms with van der Waals surface area (Å²) >= 11 is 0. The Labute approximate surface area is 213 Å². The molecule has 0 saturated heterocycles. The number of nitrogens with one attached hydrogen (secondary N) is 1. The van der Waals surface area contributed by atoms with E-state index in [1.54, 1.807) is 17.9 Å². The summed E-state index contributed by atoms with van der Waals surface area (Å²) in [7, 11) is 1.62. The van der Waals surface area contributed by atoms with Crippen molar-refractivity contribution in [3.63, 3.8) is 0 Å². The number of methoxy groups -OCH3 is 1. The lowest BCUT2D eigenvalue weighted by Gasteiger charge is -2.21. The van der Waals surface area contributed by atoms with E-state index in [1.807, 2.05) is 67.6 Å². The molecule has 0 spiro atoms. The zero-order valence-corrected chi connectivity index (χ0v) is 21.8. The molecule has 0 radical (unpaired) electrons. The molecule has 3 aromatic rings. The minimum atomic E-state index is -0.289. The standard InChI is InChI=1S/C29H36N4O3/c1-22-12-15-24(16-13-22)33-26(20-25(31-33)29(2,3)4)30-27(34)21-32(18-9-19-36-5)28(35)17-14-23-10-7-6-8-11-23/h6-8,10-17,20H,9,18-19,21H2,1-5H3,(H,30,34)/b17-14+. The molecule has 1 N–H and O–H groups in total. The van der Waals surface area contributed by atoms with Crippen molar-refractivity contribution in [1.29, 1.82) is 0 Å². The molecule has 190 valence electrons. The van der Waals surface area contributed by atoms with Gasteiger partial charge in [0.05, 0.1) is 11.4 Å².